The van der Waals surface area contributed by atoms with E-state index in [2.05, 4.69) is 12.2 Å². The summed E-state index contributed by atoms with van der Waals surface area (Å²) in [6.45, 7) is 6.28. The average Bonchev–Trinajstić information content (AvgIpc) is 2.55. The van der Waals surface area contributed by atoms with E-state index < -0.39 is 0 Å². The molecule has 3 amide bonds. The zero-order valence-corrected chi connectivity index (χ0v) is 13.8. The fraction of sp³-hybridized carbons (Fsp3) is 0.875. The summed E-state index contributed by atoms with van der Waals surface area (Å²) in [6.07, 6.45) is 3.99. The first-order valence-corrected chi connectivity index (χ1v) is 8.42. The van der Waals surface area contributed by atoms with Gasteiger partial charge in [-0.1, -0.05) is 6.92 Å². The van der Waals surface area contributed by atoms with Crippen LogP contribution in [0.25, 0.3) is 0 Å². The minimum absolute atomic E-state index is 0.0321. The van der Waals surface area contributed by atoms with Crippen LogP contribution in [-0.2, 0) is 9.53 Å². The van der Waals surface area contributed by atoms with Gasteiger partial charge in [-0.05, 0) is 31.6 Å². The molecule has 0 aromatic heterocycles. The highest BCUT2D eigenvalue weighted by Crippen LogP contribution is 2.23. The van der Waals surface area contributed by atoms with Gasteiger partial charge in [-0.15, -0.1) is 0 Å². The van der Waals surface area contributed by atoms with Crippen LogP contribution in [0.15, 0.2) is 0 Å². The van der Waals surface area contributed by atoms with E-state index in [1.54, 1.807) is 12.0 Å². The first-order valence-electron chi connectivity index (χ1n) is 8.42. The lowest BCUT2D eigenvalue weighted by Gasteiger charge is -2.37. The number of nitrogens with one attached hydrogen (secondary N) is 1. The summed E-state index contributed by atoms with van der Waals surface area (Å²) in [5.74, 6) is 0.926. The normalized spacial score (nSPS) is 23.5. The fourth-order valence-corrected chi connectivity index (χ4v) is 3.22. The third-order valence-electron chi connectivity index (χ3n) is 4.74. The highest BCUT2D eigenvalue weighted by Gasteiger charge is 2.32. The van der Waals surface area contributed by atoms with E-state index in [4.69, 9.17) is 4.74 Å². The van der Waals surface area contributed by atoms with Crippen LogP contribution in [0.2, 0.25) is 0 Å². The smallest absolute Gasteiger partial charge is 0.317 e. The third-order valence-corrected chi connectivity index (χ3v) is 4.74. The Morgan fingerprint density at radius 3 is 2.55 bits per heavy atom. The summed E-state index contributed by atoms with van der Waals surface area (Å²) in [4.78, 5) is 28.5. The van der Waals surface area contributed by atoms with E-state index >= 15 is 0 Å². The molecule has 0 saturated carbocycles. The van der Waals surface area contributed by atoms with Crippen molar-refractivity contribution in [3.05, 3.63) is 0 Å². The van der Waals surface area contributed by atoms with Crippen LogP contribution < -0.4 is 5.32 Å². The average molecular weight is 311 g/mol. The first kappa shape index (κ1) is 17.1. The number of ether oxygens (including phenoxy) is 1. The molecular formula is C16H29N3O3. The molecule has 1 unspecified atom stereocenters. The van der Waals surface area contributed by atoms with Crippen molar-refractivity contribution in [1.82, 2.24) is 15.1 Å². The Balaban J connectivity index is 1.82. The maximum Gasteiger partial charge on any atom is 0.317 e. The van der Waals surface area contributed by atoms with Gasteiger partial charge in [0.25, 0.3) is 0 Å². The Labute approximate surface area is 133 Å². The lowest BCUT2D eigenvalue weighted by Crippen LogP contribution is -2.51. The third kappa shape index (κ3) is 4.60. The second-order valence-corrected chi connectivity index (χ2v) is 6.52. The zero-order valence-electron chi connectivity index (χ0n) is 13.8. The van der Waals surface area contributed by atoms with Gasteiger partial charge < -0.3 is 19.9 Å². The molecule has 2 heterocycles. The van der Waals surface area contributed by atoms with Crippen LogP contribution >= 0.6 is 0 Å². The van der Waals surface area contributed by atoms with E-state index in [1.807, 2.05) is 4.90 Å². The second-order valence-electron chi connectivity index (χ2n) is 6.52. The van der Waals surface area contributed by atoms with Gasteiger partial charge in [-0.3, -0.25) is 4.79 Å². The van der Waals surface area contributed by atoms with E-state index in [0.717, 1.165) is 51.2 Å². The number of piperidine rings is 2. The van der Waals surface area contributed by atoms with Gasteiger partial charge in [-0.25, -0.2) is 4.79 Å². The van der Waals surface area contributed by atoms with Gasteiger partial charge in [0.2, 0.25) is 5.91 Å². The molecule has 6 nitrogen and oxygen atoms in total. The van der Waals surface area contributed by atoms with Crippen LogP contribution in [0.1, 0.15) is 32.6 Å². The van der Waals surface area contributed by atoms with Gasteiger partial charge >= 0.3 is 6.03 Å². The van der Waals surface area contributed by atoms with Crippen molar-refractivity contribution in [2.24, 2.45) is 11.8 Å². The summed E-state index contributed by atoms with van der Waals surface area (Å²) in [5.41, 5.74) is 0. The molecule has 0 aromatic carbocycles. The number of rotatable bonds is 4. The van der Waals surface area contributed by atoms with E-state index in [0.29, 0.717) is 19.7 Å². The van der Waals surface area contributed by atoms with Crippen molar-refractivity contribution < 1.29 is 14.3 Å². The molecule has 0 aliphatic carbocycles. The van der Waals surface area contributed by atoms with Crippen LogP contribution in [0.4, 0.5) is 4.79 Å². The molecule has 2 aliphatic heterocycles. The van der Waals surface area contributed by atoms with Crippen molar-refractivity contribution >= 4 is 11.9 Å². The standard InChI is InChI=1S/C16H29N3O3/c1-13-5-9-18(10-6-13)15(20)14-4-3-8-19(12-14)16(21)17-7-11-22-2/h13-14H,3-12H2,1-2H3,(H,17,21). The predicted molar refractivity (Wildman–Crippen MR) is 84.5 cm³/mol. The van der Waals surface area contributed by atoms with Crippen molar-refractivity contribution in [2.45, 2.75) is 32.6 Å². The Hall–Kier alpha value is -1.30. The molecule has 0 radical (unpaired) electrons. The molecule has 2 saturated heterocycles. The number of methoxy groups -OCH3 is 1. The Kier molecular flexibility index (Phi) is 6.49. The number of carbonyl (C=O) groups is 2. The molecule has 126 valence electrons. The van der Waals surface area contributed by atoms with Crippen molar-refractivity contribution in [1.29, 1.82) is 0 Å². The summed E-state index contributed by atoms with van der Waals surface area (Å²) in [5, 5.41) is 2.84. The topological polar surface area (TPSA) is 61.9 Å². The van der Waals surface area contributed by atoms with Gasteiger partial charge in [0.1, 0.15) is 0 Å². The maximum atomic E-state index is 12.6. The molecule has 0 aromatic rings. The minimum atomic E-state index is -0.0817. The van der Waals surface area contributed by atoms with Crippen molar-refractivity contribution in [2.75, 3.05) is 46.4 Å². The van der Waals surface area contributed by atoms with E-state index in [1.165, 1.54) is 0 Å². The van der Waals surface area contributed by atoms with Gasteiger partial charge in [-0.2, -0.15) is 0 Å². The monoisotopic (exact) mass is 311 g/mol. The molecular weight excluding hydrogens is 282 g/mol. The van der Waals surface area contributed by atoms with Crippen molar-refractivity contribution in [3.63, 3.8) is 0 Å². The second kappa shape index (κ2) is 8.36. The number of urea groups is 1. The number of likely N-dealkylation sites (tertiary alicyclic amines) is 2. The van der Waals surface area contributed by atoms with E-state index in [9.17, 15) is 9.59 Å². The van der Waals surface area contributed by atoms with Gasteiger partial charge in [0.05, 0.1) is 12.5 Å². The highest BCUT2D eigenvalue weighted by molar-refractivity contribution is 5.81. The highest BCUT2D eigenvalue weighted by atomic mass is 16.5. The molecule has 2 aliphatic rings. The van der Waals surface area contributed by atoms with Crippen LogP contribution in [0, 0.1) is 11.8 Å². The Morgan fingerprint density at radius 1 is 1.14 bits per heavy atom. The number of carbonyl (C=O) groups excluding carboxylic acids is 2. The number of hydrogen-bond acceptors (Lipinski definition) is 3. The molecule has 22 heavy (non-hydrogen) atoms. The zero-order chi connectivity index (χ0) is 15.9. The number of amides is 3. The van der Waals surface area contributed by atoms with Gasteiger partial charge in [0.15, 0.2) is 0 Å². The largest absolute Gasteiger partial charge is 0.383 e. The van der Waals surface area contributed by atoms with Crippen LogP contribution in [0.3, 0.4) is 0 Å². The quantitative estimate of drug-likeness (QED) is 0.796. The minimum Gasteiger partial charge on any atom is -0.383 e. The summed E-state index contributed by atoms with van der Waals surface area (Å²) in [7, 11) is 1.61. The molecule has 2 fully saturated rings. The Bertz CT molecular complexity index is 381. The SMILES string of the molecule is COCCNC(=O)N1CCCC(C(=O)N2CCC(C)CC2)C1. The van der Waals surface area contributed by atoms with Crippen molar-refractivity contribution in [3.8, 4) is 0 Å². The lowest BCUT2D eigenvalue weighted by molar-refractivity contribution is -0.138. The van der Waals surface area contributed by atoms with E-state index in [-0.39, 0.29) is 17.9 Å². The fourth-order valence-electron chi connectivity index (χ4n) is 3.22. The molecule has 2 rings (SSSR count). The number of nitrogens with zero attached hydrogens (tertiary/aromatic N) is 2. The summed E-state index contributed by atoms with van der Waals surface area (Å²) < 4.78 is 4.93. The van der Waals surface area contributed by atoms with Gasteiger partial charge in [0, 0.05) is 39.8 Å². The lowest BCUT2D eigenvalue weighted by atomic mass is 9.93. The Morgan fingerprint density at radius 2 is 1.86 bits per heavy atom. The predicted octanol–water partition coefficient (Wildman–Crippen LogP) is 1.31. The molecule has 6 heteroatoms. The molecule has 1 atom stereocenters. The van der Waals surface area contributed by atoms with Crippen LogP contribution in [0.5, 0.6) is 0 Å². The molecule has 0 spiro atoms. The summed E-state index contributed by atoms with van der Waals surface area (Å²) >= 11 is 0. The first-order chi connectivity index (χ1) is 10.6. The van der Waals surface area contributed by atoms with Crippen LogP contribution in [-0.4, -0.2) is 68.2 Å². The summed E-state index contributed by atoms with van der Waals surface area (Å²) in [6, 6.07) is -0.0817. The molecule has 1 N–H and O–H groups in total. The molecule has 0 bridgehead atoms. The maximum absolute atomic E-state index is 12.6. The number of hydrogen-bond donors (Lipinski definition) is 1.